The standard InChI is InChI=1S/C15H23NO/c1-2-10-15(11-4-3-5-12-16-15)13-6-8-14(17)9-7-13/h6-9,16-17H,2-5,10-12H2,1H3. The van der Waals surface area contributed by atoms with Crippen molar-refractivity contribution in [1.82, 2.24) is 5.32 Å². The molecule has 0 spiro atoms. The van der Waals surface area contributed by atoms with E-state index < -0.39 is 0 Å². The molecule has 1 unspecified atom stereocenters. The van der Waals surface area contributed by atoms with Crippen molar-refractivity contribution in [1.29, 1.82) is 0 Å². The van der Waals surface area contributed by atoms with Crippen LogP contribution in [0.4, 0.5) is 0 Å². The van der Waals surface area contributed by atoms with Crippen molar-refractivity contribution in [2.75, 3.05) is 6.54 Å². The molecule has 0 aromatic heterocycles. The second-order valence-corrected chi connectivity index (χ2v) is 5.12. The first-order valence-electron chi connectivity index (χ1n) is 6.81. The van der Waals surface area contributed by atoms with E-state index >= 15 is 0 Å². The van der Waals surface area contributed by atoms with Gasteiger partial charge in [-0.25, -0.2) is 0 Å². The second kappa shape index (κ2) is 5.54. The molecule has 1 heterocycles. The summed E-state index contributed by atoms with van der Waals surface area (Å²) in [6.07, 6.45) is 7.49. The molecular formula is C15H23NO. The van der Waals surface area contributed by atoms with Gasteiger partial charge in [-0.1, -0.05) is 38.3 Å². The molecule has 2 rings (SSSR count). The van der Waals surface area contributed by atoms with Crippen LogP contribution in [0.2, 0.25) is 0 Å². The molecule has 1 atom stereocenters. The van der Waals surface area contributed by atoms with E-state index in [0.717, 1.165) is 6.54 Å². The lowest BCUT2D eigenvalue weighted by Crippen LogP contribution is -2.41. The Morgan fingerprint density at radius 1 is 1.18 bits per heavy atom. The van der Waals surface area contributed by atoms with E-state index in [9.17, 15) is 5.11 Å². The third-order valence-corrected chi connectivity index (χ3v) is 3.84. The molecule has 2 N–H and O–H groups in total. The zero-order valence-electron chi connectivity index (χ0n) is 10.7. The molecule has 94 valence electrons. The minimum atomic E-state index is 0.138. The number of benzene rings is 1. The van der Waals surface area contributed by atoms with E-state index in [1.54, 1.807) is 12.1 Å². The third kappa shape index (κ3) is 2.81. The first-order chi connectivity index (χ1) is 8.27. The fourth-order valence-corrected chi connectivity index (χ4v) is 2.96. The molecule has 17 heavy (non-hydrogen) atoms. The minimum absolute atomic E-state index is 0.138. The third-order valence-electron chi connectivity index (χ3n) is 3.84. The topological polar surface area (TPSA) is 32.3 Å². The SMILES string of the molecule is CCCC1(c2ccc(O)cc2)CCCCCN1. The normalized spacial score (nSPS) is 25.5. The van der Waals surface area contributed by atoms with E-state index in [1.165, 1.54) is 44.1 Å². The quantitative estimate of drug-likeness (QED) is 0.836. The molecule has 1 saturated heterocycles. The summed E-state index contributed by atoms with van der Waals surface area (Å²) in [4.78, 5) is 0. The Bertz CT molecular complexity index is 336. The van der Waals surface area contributed by atoms with Gasteiger partial charge in [0.25, 0.3) is 0 Å². The fourth-order valence-electron chi connectivity index (χ4n) is 2.96. The summed E-state index contributed by atoms with van der Waals surface area (Å²) >= 11 is 0. The Balaban J connectivity index is 2.28. The summed E-state index contributed by atoms with van der Waals surface area (Å²) in [5.74, 6) is 0.356. The number of phenols is 1. The monoisotopic (exact) mass is 233 g/mol. The van der Waals surface area contributed by atoms with Crippen LogP contribution >= 0.6 is 0 Å². The van der Waals surface area contributed by atoms with Crippen LogP contribution in [0.15, 0.2) is 24.3 Å². The Labute approximate surface area is 104 Å². The largest absolute Gasteiger partial charge is 0.508 e. The zero-order chi connectivity index (χ0) is 12.1. The van der Waals surface area contributed by atoms with Crippen LogP contribution in [0.1, 0.15) is 51.0 Å². The number of aromatic hydroxyl groups is 1. The van der Waals surface area contributed by atoms with Crippen LogP contribution in [-0.4, -0.2) is 11.7 Å². The summed E-state index contributed by atoms with van der Waals surface area (Å²) in [7, 11) is 0. The highest BCUT2D eigenvalue weighted by atomic mass is 16.3. The highest BCUT2D eigenvalue weighted by molar-refractivity contribution is 5.31. The first kappa shape index (κ1) is 12.4. The maximum absolute atomic E-state index is 9.40. The highest BCUT2D eigenvalue weighted by Gasteiger charge is 2.31. The van der Waals surface area contributed by atoms with E-state index in [-0.39, 0.29) is 5.54 Å². The number of rotatable bonds is 3. The van der Waals surface area contributed by atoms with Crippen molar-refractivity contribution in [3.05, 3.63) is 29.8 Å². The van der Waals surface area contributed by atoms with Crippen LogP contribution in [-0.2, 0) is 5.54 Å². The van der Waals surface area contributed by atoms with Gasteiger partial charge in [-0.15, -0.1) is 0 Å². The molecule has 0 radical (unpaired) electrons. The minimum Gasteiger partial charge on any atom is -0.508 e. The first-order valence-corrected chi connectivity index (χ1v) is 6.81. The number of nitrogens with one attached hydrogen (secondary N) is 1. The molecule has 2 heteroatoms. The van der Waals surface area contributed by atoms with Crippen LogP contribution < -0.4 is 5.32 Å². The molecule has 1 aliphatic heterocycles. The number of phenolic OH excluding ortho intramolecular Hbond substituents is 1. The summed E-state index contributed by atoms with van der Waals surface area (Å²) in [6.45, 7) is 3.36. The van der Waals surface area contributed by atoms with Gasteiger partial charge < -0.3 is 10.4 Å². The molecule has 1 aromatic carbocycles. The van der Waals surface area contributed by atoms with Crippen LogP contribution in [0.5, 0.6) is 5.75 Å². The fraction of sp³-hybridized carbons (Fsp3) is 0.600. The molecule has 1 fully saturated rings. The summed E-state index contributed by atoms with van der Waals surface area (Å²) in [6, 6.07) is 7.76. The molecular weight excluding hydrogens is 210 g/mol. The maximum Gasteiger partial charge on any atom is 0.115 e. The molecule has 0 bridgehead atoms. The van der Waals surface area contributed by atoms with Gasteiger partial charge >= 0.3 is 0 Å². The molecule has 0 amide bonds. The second-order valence-electron chi connectivity index (χ2n) is 5.12. The Hall–Kier alpha value is -1.02. The Morgan fingerprint density at radius 2 is 1.94 bits per heavy atom. The van der Waals surface area contributed by atoms with E-state index in [1.807, 2.05) is 0 Å². The van der Waals surface area contributed by atoms with E-state index in [0.29, 0.717) is 5.75 Å². The predicted octanol–water partition coefficient (Wildman–Crippen LogP) is 3.55. The molecule has 1 aromatic rings. The van der Waals surface area contributed by atoms with Crippen molar-refractivity contribution >= 4 is 0 Å². The van der Waals surface area contributed by atoms with Crippen molar-refractivity contribution < 1.29 is 5.11 Å². The van der Waals surface area contributed by atoms with Gasteiger partial charge in [0.2, 0.25) is 0 Å². The van der Waals surface area contributed by atoms with Crippen LogP contribution in [0.25, 0.3) is 0 Å². The average Bonchev–Trinajstić information content (AvgIpc) is 2.57. The number of hydrogen-bond donors (Lipinski definition) is 2. The number of hydrogen-bond acceptors (Lipinski definition) is 2. The van der Waals surface area contributed by atoms with Crippen molar-refractivity contribution in [3.63, 3.8) is 0 Å². The van der Waals surface area contributed by atoms with E-state index in [2.05, 4.69) is 24.4 Å². The predicted molar refractivity (Wildman–Crippen MR) is 71.2 cm³/mol. The summed E-state index contributed by atoms with van der Waals surface area (Å²) in [5.41, 5.74) is 1.47. The van der Waals surface area contributed by atoms with Gasteiger partial charge in [-0.05, 0) is 43.5 Å². The zero-order valence-corrected chi connectivity index (χ0v) is 10.7. The Morgan fingerprint density at radius 3 is 2.65 bits per heavy atom. The molecule has 0 saturated carbocycles. The summed E-state index contributed by atoms with van der Waals surface area (Å²) < 4.78 is 0. The van der Waals surface area contributed by atoms with Crippen molar-refractivity contribution in [3.8, 4) is 5.75 Å². The lowest BCUT2D eigenvalue weighted by Gasteiger charge is -2.34. The van der Waals surface area contributed by atoms with Gasteiger partial charge in [-0.3, -0.25) is 0 Å². The van der Waals surface area contributed by atoms with Crippen molar-refractivity contribution in [2.45, 2.75) is 51.0 Å². The van der Waals surface area contributed by atoms with Gasteiger partial charge in [-0.2, -0.15) is 0 Å². The Kier molecular flexibility index (Phi) is 4.06. The van der Waals surface area contributed by atoms with Gasteiger partial charge in [0.1, 0.15) is 5.75 Å². The molecule has 1 aliphatic rings. The van der Waals surface area contributed by atoms with Gasteiger partial charge in [0, 0.05) is 5.54 Å². The summed E-state index contributed by atoms with van der Waals surface area (Å²) in [5, 5.41) is 13.2. The van der Waals surface area contributed by atoms with Gasteiger partial charge in [0.05, 0.1) is 0 Å². The van der Waals surface area contributed by atoms with Crippen LogP contribution in [0.3, 0.4) is 0 Å². The average molecular weight is 233 g/mol. The molecule has 2 nitrogen and oxygen atoms in total. The smallest absolute Gasteiger partial charge is 0.115 e. The molecule has 0 aliphatic carbocycles. The lowest BCUT2D eigenvalue weighted by molar-refractivity contribution is 0.297. The van der Waals surface area contributed by atoms with Gasteiger partial charge in [0.15, 0.2) is 0 Å². The highest BCUT2D eigenvalue weighted by Crippen LogP contribution is 2.34. The van der Waals surface area contributed by atoms with Crippen molar-refractivity contribution in [2.24, 2.45) is 0 Å². The van der Waals surface area contributed by atoms with Crippen LogP contribution in [0, 0.1) is 0 Å². The van der Waals surface area contributed by atoms with E-state index in [4.69, 9.17) is 0 Å². The lowest BCUT2D eigenvalue weighted by atomic mass is 9.82. The maximum atomic E-state index is 9.40.